The van der Waals surface area contributed by atoms with Gasteiger partial charge in [-0.3, -0.25) is 4.90 Å². The third-order valence-electron chi connectivity index (χ3n) is 3.76. The van der Waals surface area contributed by atoms with Crippen molar-refractivity contribution < 1.29 is 0 Å². The Hall–Kier alpha value is -0.870. The number of rotatable bonds is 3. The summed E-state index contributed by atoms with van der Waals surface area (Å²) in [5, 5.41) is 0. The summed E-state index contributed by atoms with van der Waals surface area (Å²) in [5.41, 5.74) is 7.20. The van der Waals surface area contributed by atoms with Gasteiger partial charge in [-0.25, -0.2) is 4.98 Å². The van der Waals surface area contributed by atoms with E-state index in [-0.39, 0.29) is 0 Å². The van der Waals surface area contributed by atoms with E-state index in [1.165, 1.54) is 12.1 Å². The summed E-state index contributed by atoms with van der Waals surface area (Å²) < 4.78 is 2.08. The molecule has 3 unspecified atom stereocenters. The van der Waals surface area contributed by atoms with Crippen LogP contribution in [0.5, 0.6) is 0 Å². The van der Waals surface area contributed by atoms with Crippen molar-refractivity contribution in [3.63, 3.8) is 0 Å². The number of hydrogen-bond acceptors (Lipinski definition) is 3. The van der Waals surface area contributed by atoms with E-state index in [0.29, 0.717) is 12.6 Å². The van der Waals surface area contributed by atoms with Crippen LogP contribution in [0.2, 0.25) is 0 Å². The number of piperidine rings is 1. The lowest BCUT2D eigenvalue weighted by Gasteiger charge is -2.39. The van der Waals surface area contributed by atoms with Crippen LogP contribution < -0.4 is 5.73 Å². The van der Waals surface area contributed by atoms with Crippen LogP contribution in [0, 0.1) is 11.8 Å². The van der Waals surface area contributed by atoms with Crippen LogP contribution >= 0.6 is 0 Å². The number of imidazole rings is 1. The van der Waals surface area contributed by atoms with Crippen molar-refractivity contribution >= 4 is 0 Å². The molecule has 0 bridgehead atoms. The molecule has 2 rings (SSSR count). The molecule has 1 aromatic heterocycles. The molecule has 0 radical (unpaired) electrons. The highest BCUT2D eigenvalue weighted by Gasteiger charge is 2.28. The van der Waals surface area contributed by atoms with E-state index in [0.717, 1.165) is 24.9 Å². The van der Waals surface area contributed by atoms with Crippen LogP contribution in [0.4, 0.5) is 0 Å². The molecule has 0 spiro atoms. The second kappa shape index (κ2) is 5.19. The molecular formula is C13H24N4. The first-order chi connectivity index (χ1) is 8.11. The van der Waals surface area contributed by atoms with E-state index >= 15 is 0 Å². The molecule has 1 aliphatic rings. The summed E-state index contributed by atoms with van der Waals surface area (Å²) in [6.07, 6.45) is 5.13. The molecule has 2 heterocycles. The summed E-state index contributed by atoms with van der Waals surface area (Å²) in [6, 6.07) is 0.313. The van der Waals surface area contributed by atoms with Crippen molar-refractivity contribution in [1.29, 1.82) is 0 Å². The third-order valence-corrected chi connectivity index (χ3v) is 3.76. The molecule has 0 saturated carbocycles. The van der Waals surface area contributed by atoms with Crippen molar-refractivity contribution in [1.82, 2.24) is 14.5 Å². The van der Waals surface area contributed by atoms with E-state index in [1.807, 2.05) is 19.6 Å². The largest absolute Gasteiger partial charge is 0.336 e. The van der Waals surface area contributed by atoms with E-state index < -0.39 is 0 Å². The average molecular weight is 236 g/mol. The minimum atomic E-state index is 0.313. The van der Waals surface area contributed by atoms with Gasteiger partial charge in [0, 0.05) is 32.9 Å². The fourth-order valence-electron chi connectivity index (χ4n) is 3.11. The van der Waals surface area contributed by atoms with Crippen LogP contribution in [0.3, 0.4) is 0 Å². The molecule has 4 nitrogen and oxygen atoms in total. The van der Waals surface area contributed by atoms with Crippen molar-refractivity contribution in [2.45, 2.75) is 26.3 Å². The minimum Gasteiger partial charge on any atom is -0.336 e. The van der Waals surface area contributed by atoms with Crippen molar-refractivity contribution in [2.24, 2.45) is 24.6 Å². The summed E-state index contributed by atoms with van der Waals surface area (Å²) in [6.45, 7) is 7.63. The Morgan fingerprint density at radius 2 is 2.06 bits per heavy atom. The molecule has 1 fully saturated rings. The molecule has 3 atom stereocenters. The Morgan fingerprint density at radius 1 is 1.41 bits per heavy atom. The monoisotopic (exact) mass is 236 g/mol. The predicted molar refractivity (Wildman–Crippen MR) is 69.5 cm³/mol. The summed E-state index contributed by atoms with van der Waals surface area (Å²) in [7, 11) is 2.04. The lowest BCUT2D eigenvalue weighted by Crippen LogP contribution is -2.44. The first-order valence-corrected chi connectivity index (χ1v) is 6.52. The quantitative estimate of drug-likeness (QED) is 0.863. The van der Waals surface area contributed by atoms with E-state index in [2.05, 4.69) is 28.3 Å². The Labute approximate surface area is 104 Å². The molecule has 1 saturated heterocycles. The molecule has 2 N–H and O–H groups in total. The van der Waals surface area contributed by atoms with Gasteiger partial charge < -0.3 is 10.3 Å². The highest BCUT2D eigenvalue weighted by Crippen LogP contribution is 2.28. The predicted octanol–water partition coefficient (Wildman–Crippen LogP) is 1.40. The van der Waals surface area contributed by atoms with Crippen LogP contribution in [-0.4, -0.2) is 34.1 Å². The molecule has 4 heteroatoms. The lowest BCUT2D eigenvalue weighted by atomic mass is 9.90. The molecule has 17 heavy (non-hydrogen) atoms. The molecule has 0 amide bonds. The zero-order valence-corrected chi connectivity index (χ0v) is 11.1. The summed E-state index contributed by atoms with van der Waals surface area (Å²) in [5.74, 6) is 1.53. The fraction of sp³-hybridized carbons (Fsp3) is 0.769. The van der Waals surface area contributed by atoms with E-state index in [9.17, 15) is 0 Å². The standard InChI is InChI=1S/C13H24N4/c1-10-4-11(2)8-17(7-10)12(5-14)13-6-15-9-16(13)3/h6,9-12H,4-5,7-8,14H2,1-3H3. The average Bonchev–Trinajstić information content (AvgIpc) is 2.65. The number of nitrogens with zero attached hydrogens (tertiary/aromatic N) is 3. The fourth-order valence-corrected chi connectivity index (χ4v) is 3.11. The van der Waals surface area contributed by atoms with Crippen LogP contribution in [0.15, 0.2) is 12.5 Å². The third kappa shape index (κ3) is 2.69. The highest BCUT2D eigenvalue weighted by molar-refractivity contribution is 5.06. The Kier molecular flexibility index (Phi) is 3.84. The smallest absolute Gasteiger partial charge is 0.0946 e. The van der Waals surface area contributed by atoms with E-state index in [1.54, 1.807) is 0 Å². The number of aromatic nitrogens is 2. The van der Waals surface area contributed by atoms with Gasteiger partial charge >= 0.3 is 0 Å². The molecule has 1 aromatic rings. The zero-order chi connectivity index (χ0) is 12.4. The van der Waals surface area contributed by atoms with Crippen molar-refractivity contribution in [2.75, 3.05) is 19.6 Å². The van der Waals surface area contributed by atoms with Gasteiger partial charge in [0.25, 0.3) is 0 Å². The highest BCUT2D eigenvalue weighted by atomic mass is 15.2. The second-order valence-corrected chi connectivity index (χ2v) is 5.58. The number of aryl methyl sites for hydroxylation is 1. The summed E-state index contributed by atoms with van der Waals surface area (Å²) >= 11 is 0. The lowest BCUT2D eigenvalue weighted by molar-refractivity contribution is 0.0952. The first kappa shape index (κ1) is 12.6. The molecular weight excluding hydrogens is 212 g/mol. The number of likely N-dealkylation sites (tertiary alicyclic amines) is 1. The van der Waals surface area contributed by atoms with Gasteiger partial charge in [-0.15, -0.1) is 0 Å². The van der Waals surface area contributed by atoms with Crippen LogP contribution in [0.1, 0.15) is 32.0 Å². The zero-order valence-electron chi connectivity index (χ0n) is 11.1. The Morgan fingerprint density at radius 3 is 2.53 bits per heavy atom. The maximum atomic E-state index is 5.97. The van der Waals surface area contributed by atoms with Crippen molar-refractivity contribution in [3.05, 3.63) is 18.2 Å². The van der Waals surface area contributed by atoms with E-state index in [4.69, 9.17) is 5.73 Å². The minimum absolute atomic E-state index is 0.313. The maximum absolute atomic E-state index is 5.97. The maximum Gasteiger partial charge on any atom is 0.0946 e. The van der Waals surface area contributed by atoms with Gasteiger partial charge in [0.15, 0.2) is 0 Å². The van der Waals surface area contributed by atoms with Gasteiger partial charge in [0.05, 0.1) is 18.1 Å². The van der Waals surface area contributed by atoms with Gasteiger partial charge in [-0.1, -0.05) is 13.8 Å². The van der Waals surface area contributed by atoms with Crippen LogP contribution in [0.25, 0.3) is 0 Å². The van der Waals surface area contributed by atoms with Gasteiger partial charge in [0.1, 0.15) is 0 Å². The number of nitrogens with two attached hydrogens (primary N) is 1. The molecule has 96 valence electrons. The second-order valence-electron chi connectivity index (χ2n) is 5.58. The molecule has 0 aliphatic carbocycles. The molecule has 1 aliphatic heterocycles. The number of hydrogen-bond donors (Lipinski definition) is 1. The van der Waals surface area contributed by atoms with Crippen molar-refractivity contribution in [3.8, 4) is 0 Å². The summed E-state index contributed by atoms with van der Waals surface area (Å²) in [4.78, 5) is 6.73. The Bertz CT molecular complexity index is 350. The first-order valence-electron chi connectivity index (χ1n) is 6.52. The van der Waals surface area contributed by atoms with Crippen LogP contribution in [-0.2, 0) is 7.05 Å². The SMILES string of the molecule is CC1CC(C)CN(C(CN)c2cncn2C)C1. The normalized spacial score (nSPS) is 28.2. The van der Waals surface area contributed by atoms with Gasteiger partial charge in [0.2, 0.25) is 0 Å². The molecule has 0 aromatic carbocycles. The van der Waals surface area contributed by atoms with Gasteiger partial charge in [-0.2, -0.15) is 0 Å². The van der Waals surface area contributed by atoms with Gasteiger partial charge in [-0.05, 0) is 18.3 Å². The topological polar surface area (TPSA) is 47.1 Å². The Balaban J connectivity index is 2.15.